The molecule has 24 heavy (non-hydrogen) atoms. The van der Waals surface area contributed by atoms with Crippen LogP contribution >= 0.6 is 34.7 Å². The van der Waals surface area contributed by atoms with E-state index in [1.54, 1.807) is 18.9 Å². The van der Waals surface area contributed by atoms with Crippen LogP contribution in [-0.2, 0) is 0 Å². The first-order valence-corrected chi connectivity index (χ1v) is 9.39. The van der Waals surface area contributed by atoms with Crippen molar-refractivity contribution in [3.63, 3.8) is 0 Å². The first kappa shape index (κ1) is 17.1. The fraction of sp³-hybridized carbons (Fsp3) is 0.176. The maximum Gasteiger partial charge on any atom is 0.210 e. The average Bonchev–Trinajstić information content (AvgIpc) is 3.02. The van der Waals surface area contributed by atoms with Crippen molar-refractivity contribution in [2.24, 2.45) is 0 Å². The SMILES string of the molecule is COc1ccccc1Nc1nnc(S[C@@H](C)c2ccccc2Cl)s1. The number of nitrogens with zero attached hydrogens (tertiary/aromatic N) is 2. The number of hydrogen-bond donors (Lipinski definition) is 1. The van der Waals surface area contributed by atoms with E-state index in [4.69, 9.17) is 16.3 Å². The first-order chi connectivity index (χ1) is 11.7. The maximum absolute atomic E-state index is 6.26. The first-order valence-electron chi connectivity index (χ1n) is 7.32. The Kier molecular flexibility index (Phi) is 5.60. The normalized spacial score (nSPS) is 12.0. The van der Waals surface area contributed by atoms with Crippen molar-refractivity contribution in [1.29, 1.82) is 0 Å². The molecule has 0 fully saturated rings. The van der Waals surface area contributed by atoms with E-state index in [0.717, 1.165) is 31.5 Å². The fourth-order valence-electron chi connectivity index (χ4n) is 2.19. The van der Waals surface area contributed by atoms with Gasteiger partial charge in [-0.25, -0.2) is 0 Å². The van der Waals surface area contributed by atoms with Crippen LogP contribution in [0.15, 0.2) is 52.9 Å². The van der Waals surface area contributed by atoms with E-state index in [1.807, 2.05) is 48.5 Å². The Morgan fingerprint density at radius 2 is 1.88 bits per heavy atom. The third-order valence-electron chi connectivity index (χ3n) is 3.38. The van der Waals surface area contributed by atoms with Crippen molar-refractivity contribution >= 4 is 45.5 Å². The monoisotopic (exact) mass is 377 g/mol. The highest BCUT2D eigenvalue weighted by molar-refractivity contribution is 8.01. The van der Waals surface area contributed by atoms with Gasteiger partial charge in [0.15, 0.2) is 4.34 Å². The van der Waals surface area contributed by atoms with Gasteiger partial charge in [-0.15, -0.1) is 10.2 Å². The second-order valence-electron chi connectivity index (χ2n) is 4.98. The Balaban J connectivity index is 1.71. The molecule has 4 nitrogen and oxygen atoms in total. The highest BCUT2D eigenvalue weighted by Gasteiger charge is 2.14. The zero-order valence-electron chi connectivity index (χ0n) is 13.2. The molecule has 0 spiro atoms. The van der Waals surface area contributed by atoms with Gasteiger partial charge in [0.05, 0.1) is 12.8 Å². The summed E-state index contributed by atoms with van der Waals surface area (Å²) in [6, 6.07) is 15.6. The van der Waals surface area contributed by atoms with Crippen LogP contribution in [0.3, 0.4) is 0 Å². The van der Waals surface area contributed by atoms with E-state index >= 15 is 0 Å². The minimum absolute atomic E-state index is 0.200. The van der Waals surface area contributed by atoms with Crippen molar-refractivity contribution in [3.8, 4) is 5.75 Å². The Hall–Kier alpha value is -1.76. The molecule has 0 aliphatic rings. The highest BCUT2D eigenvalue weighted by Crippen LogP contribution is 2.40. The summed E-state index contributed by atoms with van der Waals surface area (Å²) >= 11 is 9.41. The zero-order chi connectivity index (χ0) is 16.9. The Labute approximate surface area is 154 Å². The molecule has 0 aliphatic heterocycles. The highest BCUT2D eigenvalue weighted by atomic mass is 35.5. The van der Waals surface area contributed by atoms with Crippen molar-refractivity contribution < 1.29 is 4.74 Å². The molecular formula is C17H16ClN3OS2. The molecule has 0 saturated carbocycles. The van der Waals surface area contributed by atoms with Gasteiger partial charge in [-0.05, 0) is 30.7 Å². The number of ether oxygens (including phenoxy) is 1. The van der Waals surface area contributed by atoms with Gasteiger partial charge in [0.25, 0.3) is 0 Å². The number of para-hydroxylation sites is 2. The molecule has 0 bridgehead atoms. The van der Waals surface area contributed by atoms with E-state index in [9.17, 15) is 0 Å². The Bertz CT molecular complexity index is 825. The van der Waals surface area contributed by atoms with Gasteiger partial charge < -0.3 is 10.1 Å². The van der Waals surface area contributed by atoms with Gasteiger partial charge in [0.1, 0.15) is 5.75 Å². The molecular weight excluding hydrogens is 362 g/mol. The number of thioether (sulfide) groups is 1. The van der Waals surface area contributed by atoms with Crippen molar-refractivity contribution in [3.05, 3.63) is 59.1 Å². The number of benzene rings is 2. The number of anilines is 2. The molecule has 1 N–H and O–H groups in total. The molecule has 7 heteroatoms. The molecule has 0 unspecified atom stereocenters. The van der Waals surface area contributed by atoms with E-state index in [-0.39, 0.29) is 5.25 Å². The van der Waals surface area contributed by atoms with Crippen molar-refractivity contribution in [1.82, 2.24) is 10.2 Å². The summed E-state index contributed by atoms with van der Waals surface area (Å²) in [5.41, 5.74) is 1.96. The van der Waals surface area contributed by atoms with E-state index in [2.05, 4.69) is 22.4 Å². The zero-order valence-corrected chi connectivity index (χ0v) is 15.6. The summed E-state index contributed by atoms with van der Waals surface area (Å²) in [4.78, 5) is 0. The van der Waals surface area contributed by atoms with Crippen LogP contribution in [0.4, 0.5) is 10.8 Å². The van der Waals surface area contributed by atoms with Crippen LogP contribution < -0.4 is 10.1 Å². The van der Waals surface area contributed by atoms with Crippen LogP contribution in [0.2, 0.25) is 5.02 Å². The molecule has 3 rings (SSSR count). The summed E-state index contributed by atoms with van der Waals surface area (Å²) in [6.45, 7) is 2.11. The standard InChI is InChI=1S/C17H16ClN3OS2/c1-11(12-7-3-4-8-13(12)18)23-17-21-20-16(24-17)19-14-9-5-6-10-15(14)22-2/h3-11H,1-2H3,(H,19,20)/t11-/m0/s1. The van der Waals surface area contributed by atoms with Crippen LogP contribution in [0.25, 0.3) is 0 Å². The summed E-state index contributed by atoms with van der Waals surface area (Å²) in [5, 5.41) is 13.4. The van der Waals surface area contributed by atoms with E-state index < -0.39 is 0 Å². The number of rotatable bonds is 6. The predicted molar refractivity (Wildman–Crippen MR) is 102 cm³/mol. The van der Waals surface area contributed by atoms with Gasteiger partial charge in [-0.1, -0.05) is 65.0 Å². The predicted octanol–water partition coefficient (Wildman–Crippen LogP) is 5.80. The molecule has 1 aromatic heterocycles. The maximum atomic E-state index is 6.26. The van der Waals surface area contributed by atoms with Gasteiger partial charge in [0.2, 0.25) is 5.13 Å². The smallest absolute Gasteiger partial charge is 0.210 e. The summed E-state index contributed by atoms with van der Waals surface area (Å²) in [6.07, 6.45) is 0. The fourth-order valence-corrected chi connectivity index (χ4v) is 4.63. The average molecular weight is 378 g/mol. The van der Waals surface area contributed by atoms with Crippen molar-refractivity contribution in [2.45, 2.75) is 16.5 Å². The number of aromatic nitrogens is 2. The molecule has 124 valence electrons. The molecule has 0 saturated heterocycles. The molecule has 0 amide bonds. The number of methoxy groups -OCH3 is 1. The molecule has 3 aromatic rings. The molecule has 1 atom stereocenters. The van der Waals surface area contributed by atoms with Gasteiger partial charge in [-0.3, -0.25) is 0 Å². The topological polar surface area (TPSA) is 47.0 Å². The number of hydrogen-bond acceptors (Lipinski definition) is 6. The van der Waals surface area contributed by atoms with Crippen LogP contribution in [-0.4, -0.2) is 17.3 Å². The molecule has 0 aliphatic carbocycles. The largest absolute Gasteiger partial charge is 0.495 e. The Morgan fingerprint density at radius 1 is 1.12 bits per heavy atom. The van der Waals surface area contributed by atoms with Gasteiger partial charge >= 0.3 is 0 Å². The van der Waals surface area contributed by atoms with Crippen molar-refractivity contribution in [2.75, 3.05) is 12.4 Å². The lowest BCUT2D eigenvalue weighted by Crippen LogP contribution is -1.93. The third kappa shape index (κ3) is 4.01. The van der Waals surface area contributed by atoms with E-state index in [0.29, 0.717) is 0 Å². The quantitative estimate of drug-likeness (QED) is 0.550. The summed E-state index contributed by atoms with van der Waals surface area (Å²) in [7, 11) is 1.65. The second-order valence-corrected chi connectivity index (χ2v) is 7.95. The molecule has 1 heterocycles. The molecule has 0 radical (unpaired) electrons. The van der Waals surface area contributed by atoms with Crippen LogP contribution in [0, 0.1) is 0 Å². The third-order valence-corrected chi connectivity index (χ3v) is 5.78. The second kappa shape index (κ2) is 7.88. The lowest BCUT2D eigenvalue weighted by Gasteiger charge is -2.10. The van der Waals surface area contributed by atoms with Gasteiger partial charge in [0, 0.05) is 10.3 Å². The minimum Gasteiger partial charge on any atom is -0.495 e. The Morgan fingerprint density at radius 3 is 2.67 bits per heavy atom. The van der Waals surface area contributed by atoms with E-state index in [1.165, 1.54) is 11.3 Å². The number of halogens is 1. The minimum atomic E-state index is 0.200. The lowest BCUT2D eigenvalue weighted by atomic mass is 10.2. The number of nitrogens with one attached hydrogen (secondary N) is 1. The van der Waals surface area contributed by atoms with Gasteiger partial charge in [-0.2, -0.15) is 0 Å². The lowest BCUT2D eigenvalue weighted by molar-refractivity contribution is 0.417. The van der Waals surface area contributed by atoms with Crippen LogP contribution in [0.5, 0.6) is 5.75 Å². The summed E-state index contributed by atoms with van der Waals surface area (Å²) < 4.78 is 6.22. The molecule has 2 aromatic carbocycles. The summed E-state index contributed by atoms with van der Waals surface area (Å²) in [5.74, 6) is 0.770. The van der Waals surface area contributed by atoms with Crippen LogP contribution in [0.1, 0.15) is 17.7 Å².